The summed E-state index contributed by atoms with van der Waals surface area (Å²) in [5.74, 6) is -4.10. The number of carboxylic acid groups (broad SMARTS) is 1. The van der Waals surface area contributed by atoms with Gasteiger partial charge in [-0.25, -0.2) is 13.6 Å². The van der Waals surface area contributed by atoms with Crippen molar-refractivity contribution in [3.05, 3.63) is 39.4 Å². The molecule has 1 rings (SSSR count). The van der Waals surface area contributed by atoms with Crippen molar-refractivity contribution >= 4 is 17.9 Å². The number of benzene rings is 1. The van der Waals surface area contributed by atoms with Gasteiger partial charge in [0.25, 0.3) is 0 Å². The van der Waals surface area contributed by atoms with Gasteiger partial charge in [-0.3, -0.25) is 15.1 Å². The molecular weight excluding hydrogens is 238 g/mol. The summed E-state index contributed by atoms with van der Waals surface area (Å²) in [4.78, 5) is 23.4. The van der Waals surface area contributed by atoms with E-state index in [9.17, 15) is 23.7 Å². The Kier molecular flexibility index (Phi) is 3.81. The zero-order chi connectivity index (χ0) is 13.0. The quantitative estimate of drug-likeness (QED) is 0.495. The first-order valence-electron chi connectivity index (χ1n) is 4.28. The number of hydrogen-bond donors (Lipinski definition) is 1. The van der Waals surface area contributed by atoms with Gasteiger partial charge in [0, 0.05) is 11.0 Å². The van der Waals surface area contributed by atoms with Crippen LogP contribution in [0.15, 0.2) is 17.1 Å². The molecule has 17 heavy (non-hydrogen) atoms. The summed E-state index contributed by atoms with van der Waals surface area (Å²) in [5, 5.41) is 18.7. The maximum Gasteiger partial charge on any atom is 0.338 e. The number of hydrogen-bond acceptors (Lipinski definition) is 4. The number of nitro groups is 1. The van der Waals surface area contributed by atoms with Gasteiger partial charge in [-0.1, -0.05) is 0 Å². The number of aliphatic imine (C=N–C) groups is 1. The van der Waals surface area contributed by atoms with E-state index in [2.05, 4.69) is 4.99 Å². The lowest BCUT2D eigenvalue weighted by Crippen LogP contribution is -2.02. The third-order valence-electron chi connectivity index (χ3n) is 1.73. The van der Waals surface area contributed by atoms with Crippen molar-refractivity contribution in [2.45, 2.75) is 0 Å². The molecule has 6 nitrogen and oxygen atoms in total. The van der Waals surface area contributed by atoms with E-state index < -0.39 is 34.6 Å². The van der Waals surface area contributed by atoms with E-state index in [0.717, 1.165) is 6.21 Å². The number of halogens is 2. The maximum atomic E-state index is 12.8. The Morgan fingerprint density at radius 1 is 1.47 bits per heavy atom. The van der Waals surface area contributed by atoms with E-state index in [-0.39, 0.29) is 5.69 Å². The van der Waals surface area contributed by atoms with Crippen LogP contribution in [0.3, 0.4) is 0 Å². The average molecular weight is 244 g/mol. The van der Waals surface area contributed by atoms with Crippen LogP contribution in [0.2, 0.25) is 0 Å². The van der Waals surface area contributed by atoms with Gasteiger partial charge in [0.05, 0.1) is 17.5 Å². The molecule has 0 spiro atoms. The highest BCUT2D eigenvalue weighted by atomic mass is 19.2. The topological polar surface area (TPSA) is 92.8 Å². The Balaban J connectivity index is 3.13. The summed E-state index contributed by atoms with van der Waals surface area (Å²) >= 11 is 0. The maximum absolute atomic E-state index is 12.8. The lowest BCUT2D eigenvalue weighted by atomic mass is 10.1. The Hall–Kier alpha value is -2.38. The lowest BCUT2D eigenvalue weighted by Gasteiger charge is -2.01. The van der Waals surface area contributed by atoms with Crippen molar-refractivity contribution in [2.24, 2.45) is 4.99 Å². The molecular formula is C9H6F2N2O4. The van der Waals surface area contributed by atoms with Crippen molar-refractivity contribution in [3.63, 3.8) is 0 Å². The van der Waals surface area contributed by atoms with E-state index >= 15 is 0 Å². The van der Waals surface area contributed by atoms with Crippen LogP contribution >= 0.6 is 0 Å². The summed E-state index contributed by atoms with van der Waals surface area (Å²) in [6.45, 7) is -0.641. The van der Waals surface area contributed by atoms with Gasteiger partial charge in [0.15, 0.2) is 11.6 Å². The van der Waals surface area contributed by atoms with Crippen LogP contribution in [0.5, 0.6) is 0 Å². The standard InChI is InChI=1S/C9H6F2N2O4/c10-6-3-5(9(14)15)8(4-7(6)11)12-1-2-13(16)17/h1,3-4H,2H2,(H,14,15)/b12-1-. The Morgan fingerprint density at radius 3 is 2.59 bits per heavy atom. The fraction of sp³-hybridized carbons (Fsp3) is 0.111. The molecule has 0 heterocycles. The van der Waals surface area contributed by atoms with Crippen molar-refractivity contribution in [1.29, 1.82) is 0 Å². The highest BCUT2D eigenvalue weighted by molar-refractivity contribution is 5.94. The first-order chi connectivity index (χ1) is 7.91. The predicted molar refractivity (Wildman–Crippen MR) is 53.3 cm³/mol. The molecule has 1 aromatic rings. The van der Waals surface area contributed by atoms with Gasteiger partial charge in [-0.15, -0.1) is 0 Å². The number of carboxylic acids is 1. The second-order valence-corrected chi connectivity index (χ2v) is 2.92. The summed E-state index contributed by atoms with van der Waals surface area (Å²) in [6, 6.07) is 1.03. The molecule has 0 saturated carbocycles. The van der Waals surface area contributed by atoms with E-state index in [4.69, 9.17) is 5.11 Å². The minimum absolute atomic E-state index is 0.377. The lowest BCUT2D eigenvalue weighted by molar-refractivity contribution is -0.462. The highest BCUT2D eigenvalue weighted by Crippen LogP contribution is 2.22. The van der Waals surface area contributed by atoms with Crippen molar-refractivity contribution in [1.82, 2.24) is 0 Å². The van der Waals surface area contributed by atoms with E-state index in [1.54, 1.807) is 0 Å². The zero-order valence-electron chi connectivity index (χ0n) is 8.26. The van der Waals surface area contributed by atoms with Gasteiger partial charge in [0.2, 0.25) is 6.54 Å². The molecule has 0 aliphatic carbocycles. The van der Waals surface area contributed by atoms with Crippen LogP contribution in [0, 0.1) is 21.7 Å². The number of aromatic carboxylic acids is 1. The second kappa shape index (κ2) is 5.10. The van der Waals surface area contributed by atoms with E-state index in [1.165, 1.54) is 0 Å². The molecule has 0 bridgehead atoms. The third-order valence-corrected chi connectivity index (χ3v) is 1.73. The molecule has 0 aliphatic heterocycles. The predicted octanol–water partition coefficient (Wildman–Crippen LogP) is 1.64. The summed E-state index contributed by atoms with van der Waals surface area (Å²) in [6.07, 6.45) is 0.805. The number of carbonyl (C=O) groups is 1. The van der Waals surface area contributed by atoms with Crippen molar-refractivity contribution in [2.75, 3.05) is 6.54 Å². The van der Waals surface area contributed by atoms with Crippen LogP contribution in [0.1, 0.15) is 10.4 Å². The average Bonchev–Trinajstić information content (AvgIpc) is 2.22. The van der Waals surface area contributed by atoms with E-state index in [1.807, 2.05) is 0 Å². The second-order valence-electron chi connectivity index (χ2n) is 2.92. The fourth-order valence-corrected chi connectivity index (χ4v) is 1.02. The highest BCUT2D eigenvalue weighted by Gasteiger charge is 2.14. The molecule has 0 unspecified atom stereocenters. The molecule has 0 radical (unpaired) electrons. The zero-order valence-corrected chi connectivity index (χ0v) is 8.26. The van der Waals surface area contributed by atoms with Gasteiger partial charge >= 0.3 is 5.97 Å². The molecule has 90 valence electrons. The molecule has 0 fully saturated rings. The van der Waals surface area contributed by atoms with Crippen LogP contribution < -0.4 is 0 Å². The molecule has 0 saturated heterocycles. The molecule has 8 heteroatoms. The SMILES string of the molecule is O=C(O)c1cc(F)c(F)cc1/N=C\C[N+](=O)[O-]. The third kappa shape index (κ3) is 3.30. The van der Waals surface area contributed by atoms with Crippen LogP contribution in [0.25, 0.3) is 0 Å². The fourth-order valence-electron chi connectivity index (χ4n) is 1.02. The monoisotopic (exact) mass is 244 g/mol. The Labute approximate surface area is 93.4 Å². The number of rotatable bonds is 4. The minimum Gasteiger partial charge on any atom is -0.478 e. The number of nitrogens with zero attached hydrogens (tertiary/aromatic N) is 2. The summed E-state index contributed by atoms with van der Waals surface area (Å²) in [7, 11) is 0. The smallest absolute Gasteiger partial charge is 0.338 e. The van der Waals surface area contributed by atoms with Crippen LogP contribution in [-0.2, 0) is 0 Å². The molecule has 0 aliphatic rings. The largest absolute Gasteiger partial charge is 0.478 e. The first-order valence-corrected chi connectivity index (χ1v) is 4.28. The first kappa shape index (κ1) is 12.7. The van der Waals surface area contributed by atoms with Gasteiger partial charge in [-0.05, 0) is 6.07 Å². The van der Waals surface area contributed by atoms with Gasteiger partial charge < -0.3 is 5.11 Å². The van der Waals surface area contributed by atoms with Crippen molar-refractivity contribution in [3.8, 4) is 0 Å². The molecule has 0 aromatic heterocycles. The van der Waals surface area contributed by atoms with Gasteiger partial charge in [0.1, 0.15) is 0 Å². The van der Waals surface area contributed by atoms with Crippen LogP contribution in [0.4, 0.5) is 14.5 Å². The van der Waals surface area contributed by atoms with Crippen molar-refractivity contribution < 1.29 is 23.6 Å². The summed E-state index contributed by atoms with van der Waals surface area (Å²) in [5.41, 5.74) is -0.943. The van der Waals surface area contributed by atoms with E-state index in [0.29, 0.717) is 12.1 Å². The Bertz CT molecular complexity index is 502. The van der Waals surface area contributed by atoms with Gasteiger partial charge in [-0.2, -0.15) is 0 Å². The Morgan fingerprint density at radius 2 is 2.06 bits per heavy atom. The minimum atomic E-state index is -1.50. The van der Waals surface area contributed by atoms with Crippen LogP contribution in [-0.4, -0.2) is 28.8 Å². The molecule has 1 aromatic carbocycles. The molecule has 0 atom stereocenters. The summed E-state index contributed by atoms with van der Waals surface area (Å²) < 4.78 is 25.6. The molecule has 0 amide bonds. The molecule has 1 N–H and O–H groups in total. The normalized spacial score (nSPS) is 10.7.